The zero-order valence-electron chi connectivity index (χ0n) is 32.8. The molecule has 2 heteroatoms. The molecule has 11 aromatic rings. The number of benzene rings is 9. The van der Waals surface area contributed by atoms with Gasteiger partial charge in [0.1, 0.15) is 0 Å². The second kappa shape index (κ2) is 15.1. The predicted molar refractivity (Wildman–Crippen MR) is 253 cm³/mol. The summed E-state index contributed by atoms with van der Waals surface area (Å²) < 4.78 is 0. The Hall–Kier alpha value is -7.94. The fourth-order valence-electron chi connectivity index (χ4n) is 8.62. The van der Waals surface area contributed by atoms with E-state index >= 15 is 0 Å². The van der Waals surface area contributed by atoms with Crippen LogP contribution in [-0.2, 0) is 0 Å². The molecule has 0 saturated heterocycles. The Morgan fingerprint density at radius 2 is 0.567 bits per heavy atom. The van der Waals surface area contributed by atoms with Crippen LogP contribution in [0.5, 0.6) is 0 Å². The van der Waals surface area contributed by atoms with Crippen LogP contribution in [0.2, 0.25) is 0 Å². The van der Waals surface area contributed by atoms with Crippen molar-refractivity contribution in [3.63, 3.8) is 0 Å². The van der Waals surface area contributed by atoms with Crippen molar-refractivity contribution in [1.82, 2.24) is 9.97 Å². The lowest BCUT2D eigenvalue weighted by Gasteiger charge is -2.16. The van der Waals surface area contributed by atoms with Crippen LogP contribution >= 0.6 is 0 Å². The van der Waals surface area contributed by atoms with E-state index in [1.54, 1.807) is 0 Å². The van der Waals surface area contributed by atoms with Gasteiger partial charge in [-0.2, -0.15) is 0 Å². The highest BCUT2D eigenvalue weighted by Crippen LogP contribution is 2.41. The van der Waals surface area contributed by atoms with Gasteiger partial charge >= 0.3 is 0 Å². The minimum absolute atomic E-state index is 0.928. The van der Waals surface area contributed by atoms with Gasteiger partial charge in [0.15, 0.2) is 0 Å². The Morgan fingerprint density at radius 1 is 0.217 bits per heavy atom. The van der Waals surface area contributed by atoms with Crippen LogP contribution in [-0.4, -0.2) is 9.97 Å². The summed E-state index contributed by atoms with van der Waals surface area (Å²) in [5, 5.41) is 4.58. The van der Waals surface area contributed by atoms with Crippen LogP contribution in [0.3, 0.4) is 0 Å². The SMILES string of the molecule is c1ccc(-c2ccc(-c3cc4c(-c5ccc(-c6ccccc6)cc5)cc(-c5ccc(-c6cc(-c7ccccc7)c7ccccc7n6)cc5)nc4c4ccccc34)cc2)cc1. The van der Waals surface area contributed by atoms with Crippen LogP contribution < -0.4 is 0 Å². The van der Waals surface area contributed by atoms with E-state index in [0.717, 1.165) is 60.8 Å². The molecule has 0 N–H and O–H groups in total. The van der Waals surface area contributed by atoms with Crippen LogP contribution in [0.1, 0.15) is 0 Å². The lowest BCUT2D eigenvalue weighted by Crippen LogP contribution is -1.94. The number of pyridine rings is 2. The van der Waals surface area contributed by atoms with Crippen LogP contribution in [0.4, 0.5) is 0 Å². The molecule has 2 nitrogen and oxygen atoms in total. The summed E-state index contributed by atoms with van der Waals surface area (Å²) in [5.41, 5.74) is 17.8. The van der Waals surface area contributed by atoms with Crippen LogP contribution in [0.25, 0.3) is 111 Å². The summed E-state index contributed by atoms with van der Waals surface area (Å²) in [4.78, 5) is 10.6. The minimum Gasteiger partial charge on any atom is -0.248 e. The Morgan fingerprint density at radius 3 is 1.12 bits per heavy atom. The Labute approximate surface area is 349 Å². The second-order valence-corrected chi connectivity index (χ2v) is 15.3. The maximum absolute atomic E-state index is 5.49. The largest absolute Gasteiger partial charge is 0.248 e. The van der Waals surface area contributed by atoms with Gasteiger partial charge in [-0.25, -0.2) is 9.97 Å². The lowest BCUT2D eigenvalue weighted by atomic mass is 9.90. The van der Waals surface area contributed by atoms with E-state index in [4.69, 9.17) is 9.97 Å². The molecule has 280 valence electrons. The molecule has 0 fully saturated rings. The van der Waals surface area contributed by atoms with Crippen molar-refractivity contribution >= 4 is 32.6 Å². The molecule has 0 atom stereocenters. The Kier molecular flexibility index (Phi) is 8.87. The zero-order valence-corrected chi connectivity index (χ0v) is 32.8. The van der Waals surface area contributed by atoms with Crippen molar-refractivity contribution in [2.75, 3.05) is 0 Å². The van der Waals surface area contributed by atoms with E-state index in [-0.39, 0.29) is 0 Å². The molecule has 0 aliphatic rings. The van der Waals surface area contributed by atoms with E-state index in [9.17, 15) is 0 Å². The number of para-hydroxylation sites is 1. The quantitative estimate of drug-likeness (QED) is 0.151. The molecular formula is C58H38N2. The van der Waals surface area contributed by atoms with E-state index in [1.807, 2.05) is 0 Å². The van der Waals surface area contributed by atoms with E-state index in [2.05, 4.69) is 231 Å². The molecule has 60 heavy (non-hydrogen) atoms. The molecule has 0 saturated carbocycles. The third-order valence-electron chi connectivity index (χ3n) is 11.7. The number of rotatable bonds is 7. The van der Waals surface area contributed by atoms with Crippen molar-refractivity contribution in [2.24, 2.45) is 0 Å². The average molecular weight is 763 g/mol. The second-order valence-electron chi connectivity index (χ2n) is 15.3. The fraction of sp³-hybridized carbons (Fsp3) is 0. The first-order valence-electron chi connectivity index (χ1n) is 20.5. The number of fused-ring (bicyclic) bond motifs is 4. The molecular weight excluding hydrogens is 725 g/mol. The number of hydrogen-bond acceptors (Lipinski definition) is 2. The third-order valence-corrected chi connectivity index (χ3v) is 11.7. The maximum Gasteiger partial charge on any atom is 0.0794 e. The molecule has 11 rings (SSSR count). The summed E-state index contributed by atoms with van der Waals surface area (Å²) >= 11 is 0. The molecule has 9 aromatic carbocycles. The molecule has 0 spiro atoms. The maximum atomic E-state index is 5.49. The first-order valence-corrected chi connectivity index (χ1v) is 20.5. The summed E-state index contributed by atoms with van der Waals surface area (Å²) in [7, 11) is 0. The first kappa shape index (κ1) is 35.2. The highest BCUT2D eigenvalue weighted by atomic mass is 14.7. The molecule has 0 aliphatic carbocycles. The van der Waals surface area contributed by atoms with E-state index < -0.39 is 0 Å². The van der Waals surface area contributed by atoms with E-state index in [1.165, 1.54) is 49.9 Å². The van der Waals surface area contributed by atoms with Crippen molar-refractivity contribution in [3.05, 3.63) is 231 Å². The average Bonchev–Trinajstić information content (AvgIpc) is 3.34. The minimum atomic E-state index is 0.928. The van der Waals surface area contributed by atoms with Crippen molar-refractivity contribution < 1.29 is 0 Å². The van der Waals surface area contributed by atoms with Gasteiger partial charge in [0.05, 0.1) is 22.4 Å². The van der Waals surface area contributed by atoms with Gasteiger partial charge in [-0.15, -0.1) is 0 Å². The fourth-order valence-corrected chi connectivity index (χ4v) is 8.62. The summed E-state index contributed by atoms with van der Waals surface area (Å²) in [6.07, 6.45) is 0. The van der Waals surface area contributed by atoms with Gasteiger partial charge in [0, 0.05) is 27.3 Å². The van der Waals surface area contributed by atoms with Gasteiger partial charge in [-0.1, -0.05) is 206 Å². The summed E-state index contributed by atoms with van der Waals surface area (Å²) in [6, 6.07) is 82.3. The van der Waals surface area contributed by atoms with Gasteiger partial charge in [0.2, 0.25) is 0 Å². The van der Waals surface area contributed by atoms with Crippen molar-refractivity contribution in [1.29, 1.82) is 0 Å². The first-order chi connectivity index (χ1) is 29.7. The summed E-state index contributed by atoms with van der Waals surface area (Å²) in [6.45, 7) is 0. The molecule has 0 amide bonds. The molecule has 0 unspecified atom stereocenters. The molecule has 2 heterocycles. The highest BCUT2D eigenvalue weighted by molar-refractivity contribution is 6.16. The Balaban J connectivity index is 1.06. The van der Waals surface area contributed by atoms with Gasteiger partial charge in [-0.05, 0) is 85.3 Å². The normalized spacial score (nSPS) is 11.3. The molecule has 2 aromatic heterocycles. The topological polar surface area (TPSA) is 25.8 Å². The van der Waals surface area contributed by atoms with Gasteiger partial charge in [-0.3, -0.25) is 0 Å². The predicted octanol–water partition coefficient (Wildman–Crippen LogP) is 15.6. The third kappa shape index (κ3) is 6.51. The number of nitrogens with zero attached hydrogens (tertiary/aromatic N) is 2. The highest BCUT2D eigenvalue weighted by Gasteiger charge is 2.17. The zero-order chi connectivity index (χ0) is 39.8. The lowest BCUT2D eigenvalue weighted by molar-refractivity contribution is 1.38. The standard InChI is InChI=1S/C58H38N2/c1-4-14-39(15-5-1)41-24-28-44(29-25-41)51-36-54-53(45-30-26-42(27-31-45)40-16-6-2-7-17-40)38-57(60-58(54)50-22-11-10-20-48(50)51)47-34-32-46(33-35-47)56-37-52(43-18-8-3-9-19-43)49-21-12-13-23-55(49)59-56/h1-38H. The monoisotopic (exact) mass is 762 g/mol. The van der Waals surface area contributed by atoms with Crippen LogP contribution in [0, 0.1) is 0 Å². The molecule has 0 bridgehead atoms. The molecule has 0 radical (unpaired) electrons. The number of hydrogen-bond donors (Lipinski definition) is 0. The van der Waals surface area contributed by atoms with Gasteiger partial charge in [0.25, 0.3) is 0 Å². The van der Waals surface area contributed by atoms with E-state index in [0.29, 0.717) is 0 Å². The summed E-state index contributed by atoms with van der Waals surface area (Å²) in [5.74, 6) is 0. The number of aromatic nitrogens is 2. The molecule has 0 aliphatic heterocycles. The van der Waals surface area contributed by atoms with Crippen molar-refractivity contribution in [3.8, 4) is 78.1 Å². The smallest absolute Gasteiger partial charge is 0.0794 e. The van der Waals surface area contributed by atoms with Gasteiger partial charge < -0.3 is 0 Å². The Bertz CT molecular complexity index is 3300. The van der Waals surface area contributed by atoms with Crippen molar-refractivity contribution in [2.45, 2.75) is 0 Å². The van der Waals surface area contributed by atoms with Crippen LogP contribution in [0.15, 0.2) is 231 Å².